The van der Waals surface area contributed by atoms with Gasteiger partial charge in [0, 0.05) is 20.8 Å². The molecule has 3 aromatic carbocycles. The number of nitrogens with one attached hydrogen (secondary N) is 1. The molecule has 4 aromatic rings. The summed E-state index contributed by atoms with van der Waals surface area (Å²) < 4.78 is 2.66. The number of benzene rings is 3. The number of halogens is 2. The summed E-state index contributed by atoms with van der Waals surface area (Å²) in [7, 11) is 0. The summed E-state index contributed by atoms with van der Waals surface area (Å²) >= 11 is 10.8. The highest BCUT2D eigenvalue weighted by atomic mass is 79.9. The van der Waals surface area contributed by atoms with Crippen LogP contribution < -0.4 is 5.43 Å². The molecule has 0 saturated heterocycles. The lowest BCUT2D eigenvalue weighted by Gasteiger charge is -2.10. The molecule has 0 aliphatic rings. The van der Waals surface area contributed by atoms with Crippen LogP contribution in [0, 0.1) is 6.92 Å². The number of aromatic nitrogens is 3. The van der Waals surface area contributed by atoms with Crippen molar-refractivity contribution in [2.75, 3.05) is 5.75 Å². The molecule has 1 heterocycles. The fourth-order valence-corrected chi connectivity index (χ4v) is 4.39. The molecule has 0 spiro atoms. The van der Waals surface area contributed by atoms with Gasteiger partial charge in [0.15, 0.2) is 11.0 Å². The Hall–Kier alpha value is -3.20. The number of hydrogen-bond acceptors (Lipinski definition) is 5. The van der Waals surface area contributed by atoms with Crippen molar-refractivity contribution in [1.29, 1.82) is 0 Å². The normalized spacial score (nSPS) is 11.7. The molecule has 1 amide bonds. The van der Waals surface area contributed by atoms with Crippen molar-refractivity contribution in [1.82, 2.24) is 20.2 Å². The van der Waals surface area contributed by atoms with Crippen LogP contribution in [-0.4, -0.2) is 32.6 Å². The maximum absolute atomic E-state index is 12.4. The van der Waals surface area contributed by atoms with Crippen LogP contribution in [0.3, 0.4) is 0 Å². The first kappa shape index (κ1) is 24.9. The molecule has 35 heavy (non-hydrogen) atoms. The summed E-state index contributed by atoms with van der Waals surface area (Å²) in [6.45, 7) is 2.03. The first-order valence-electron chi connectivity index (χ1n) is 10.6. The number of nitrogens with zero attached hydrogens (tertiary/aromatic N) is 4. The number of allylic oxidation sites excluding steroid dienone is 1. The summed E-state index contributed by atoms with van der Waals surface area (Å²) in [5.74, 6) is 0.550. The van der Waals surface area contributed by atoms with Gasteiger partial charge in [0.05, 0.1) is 12.0 Å². The number of carbonyl (C=O) groups is 1. The lowest BCUT2D eigenvalue weighted by atomic mass is 10.1. The summed E-state index contributed by atoms with van der Waals surface area (Å²) in [5.41, 5.74) is 6.51. The zero-order chi connectivity index (χ0) is 24.6. The van der Waals surface area contributed by atoms with Crippen LogP contribution in [0.15, 0.2) is 93.6 Å². The SMILES string of the molecule is Cc1ccc(-c2nnc(SCC(=O)NN=CC(Br)=Cc3ccccc3)n2-c2ccc(Cl)cc2)cc1. The topological polar surface area (TPSA) is 72.2 Å². The Labute approximate surface area is 221 Å². The van der Waals surface area contributed by atoms with Gasteiger partial charge >= 0.3 is 0 Å². The predicted molar refractivity (Wildman–Crippen MR) is 147 cm³/mol. The second-order valence-corrected chi connectivity index (χ2v) is 9.80. The third-order valence-corrected chi connectivity index (χ3v) is 6.46. The first-order chi connectivity index (χ1) is 17.0. The Morgan fingerprint density at radius 1 is 1.06 bits per heavy atom. The lowest BCUT2D eigenvalue weighted by Crippen LogP contribution is -2.19. The largest absolute Gasteiger partial charge is 0.272 e. The van der Waals surface area contributed by atoms with Gasteiger partial charge in [0.2, 0.25) is 0 Å². The molecule has 0 bridgehead atoms. The van der Waals surface area contributed by atoms with Gasteiger partial charge in [0.1, 0.15) is 0 Å². The van der Waals surface area contributed by atoms with E-state index in [1.165, 1.54) is 11.8 Å². The quantitative estimate of drug-likeness (QED) is 0.150. The average Bonchev–Trinajstić information content (AvgIpc) is 3.28. The summed E-state index contributed by atoms with van der Waals surface area (Å²) in [4.78, 5) is 12.4. The van der Waals surface area contributed by atoms with Crippen molar-refractivity contribution in [3.63, 3.8) is 0 Å². The number of carbonyl (C=O) groups excluding carboxylic acids is 1. The molecule has 176 valence electrons. The van der Waals surface area contributed by atoms with Crippen LogP contribution in [0.1, 0.15) is 11.1 Å². The number of hydrazone groups is 1. The smallest absolute Gasteiger partial charge is 0.250 e. The van der Waals surface area contributed by atoms with E-state index in [0.717, 1.165) is 26.9 Å². The molecule has 9 heteroatoms. The fraction of sp³-hybridized carbons (Fsp3) is 0.0769. The van der Waals surface area contributed by atoms with E-state index in [9.17, 15) is 4.79 Å². The van der Waals surface area contributed by atoms with Crippen molar-refractivity contribution in [2.24, 2.45) is 5.10 Å². The Balaban J connectivity index is 1.47. The third kappa shape index (κ3) is 6.91. The Kier molecular flexibility index (Phi) is 8.52. The van der Waals surface area contributed by atoms with E-state index in [2.05, 4.69) is 36.7 Å². The number of aryl methyl sites for hydroxylation is 1. The molecule has 0 radical (unpaired) electrons. The summed E-state index contributed by atoms with van der Waals surface area (Å²) in [6.07, 6.45) is 3.45. The summed E-state index contributed by atoms with van der Waals surface area (Å²) in [6, 6.07) is 25.3. The molecule has 0 aliphatic carbocycles. The molecule has 0 unspecified atom stereocenters. The molecule has 0 aliphatic heterocycles. The van der Waals surface area contributed by atoms with Crippen molar-refractivity contribution in [3.05, 3.63) is 99.5 Å². The Morgan fingerprint density at radius 3 is 2.49 bits per heavy atom. The van der Waals surface area contributed by atoms with Gasteiger partial charge in [0.25, 0.3) is 5.91 Å². The van der Waals surface area contributed by atoms with Crippen molar-refractivity contribution in [3.8, 4) is 17.1 Å². The summed E-state index contributed by atoms with van der Waals surface area (Å²) in [5, 5.41) is 14.0. The van der Waals surface area contributed by atoms with Crippen LogP contribution in [0.5, 0.6) is 0 Å². The van der Waals surface area contributed by atoms with Crippen LogP contribution in [-0.2, 0) is 4.79 Å². The van der Waals surface area contributed by atoms with Gasteiger partial charge in [-0.25, -0.2) is 5.43 Å². The number of thioether (sulfide) groups is 1. The highest BCUT2D eigenvalue weighted by molar-refractivity contribution is 9.12. The van der Waals surface area contributed by atoms with Crippen molar-refractivity contribution in [2.45, 2.75) is 12.1 Å². The van der Waals surface area contributed by atoms with Crippen LogP contribution in [0.2, 0.25) is 5.02 Å². The zero-order valence-corrected chi connectivity index (χ0v) is 21.9. The maximum atomic E-state index is 12.4. The minimum absolute atomic E-state index is 0.122. The second-order valence-electron chi connectivity index (χ2n) is 7.51. The predicted octanol–water partition coefficient (Wildman–Crippen LogP) is 6.53. The molecule has 0 atom stereocenters. The van der Waals surface area contributed by atoms with E-state index in [4.69, 9.17) is 11.6 Å². The molecule has 6 nitrogen and oxygen atoms in total. The number of amides is 1. The molecule has 1 aromatic heterocycles. The molecular formula is C26H21BrClN5OS. The van der Waals surface area contributed by atoms with Crippen molar-refractivity contribution >= 4 is 57.5 Å². The van der Waals surface area contributed by atoms with Gasteiger partial charge < -0.3 is 0 Å². The maximum Gasteiger partial charge on any atom is 0.250 e. The Bertz CT molecular complexity index is 1350. The minimum Gasteiger partial charge on any atom is -0.272 e. The number of rotatable bonds is 8. The standard InChI is InChI=1S/C26H21BrClN5OS/c1-18-7-9-20(10-8-18)25-31-32-26(33(25)23-13-11-22(28)12-14-23)35-17-24(34)30-29-16-21(27)15-19-5-3-2-4-6-19/h2-16H,17H2,1H3,(H,30,34). The van der Waals surface area contributed by atoms with Crippen LogP contribution in [0.4, 0.5) is 0 Å². The van der Waals surface area contributed by atoms with Crippen LogP contribution >= 0.6 is 39.3 Å². The average molecular weight is 567 g/mol. The number of hydrogen-bond donors (Lipinski definition) is 1. The van der Waals surface area contributed by atoms with Gasteiger partial charge in [-0.15, -0.1) is 10.2 Å². The molecule has 1 N–H and O–H groups in total. The van der Waals surface area contributed by atoms with Gasteiger partial charge in [-0.2, -0.15) is 5.10 Å². The molecule has 4 rings (SSSR count). The monoisotopic (exact) mass is 565 g/mol. The third-order valence-electron chi connectivity index (χ3n) is 4.84. The highest BCUT2D eigenvalue weighted by Gasteiger charge is 2.17. The van der Waals surface area contributed by atoms with E-state index < -0.39 is 0 Å². The second kappa shape index (κ2) is 12.0. The fourth-order valence-electron chi connectivity index (χ4n) is 3.15. The molecular weight excluding hydrogens is 546 g/mol. The highest BCUT2D eigenvalue weighted by Crippen LogP contribution is 2.28. The van der Waals surface area contributed by atoms with Gasteiger partial charge in [-0.3, -0.25) is 9.36 Å². The molecule has 0 saturated carbocycles. The van der Waals surface area contributed by atoms with Crippen molar-refractivity contribution < 1.29 is 4.79 Å². The van der Waals surface area contributed by atoms with E-state index in [-0.39, 0.29) is 11.7 Å². The lowest BCUT2D eigenvalue weighted by molar-refractivity contribution is -0.118. The van der Waals surface area contributed by atoms with E-state index in [1.807, 2.05) is 96.4 Å². The van der Waals surface area contributed by atoms with E-state index >= 15 is 0 Å². The van der Waals surface area contributed by atoms with Gasteiger partial charge in [-0.05, 0) is 58.8 Å². The zero-order valence-electron chi connectivity index (χ0n) is 18.7. The van der Waals surface area contributed by atoms with E-state index in [0.29, 0.717) is 16.0 Å². The van der Waals surface area contributed by atoms with Crippen LogP contribution in [0.25, 0.3) is 23.2 Å². The van der Waals surface area contributed by atoms with E-state index in [1.54, 1.807) is 6.21 Å². The first-order valence-corrected chi connectivity index (χ1v) is 12.8. The molecule has 0 fully saturated rings. The Morgan fingerprint density at radius 2 is 1.77 bits per heavy atom. The van der Waals surface area contributed by atoms with Gasteiger partial charge in [-0.1, -0.05) is 83.5 Å². The minimum atomic E-state index is -0.256.